The lowest BCUT2D eigenvalue weighted by Crippen LogP contribution is -2.24. The van der Waals surface area contributed by atoms with Crippen LogP contribution >= 0.6 is 0 Å². The van der Waals surface area contributed by atoms with E-state index >= 15 is 0 Å². The number of amides is 1. The van der Waals surface area contributed by atoms with E-state index in [0.717, 1.165) is 25.2 Å². The Morgan fingerprint density at radius 3 is 2.30 bits per heavy atom. The zero-order valence-corrected chi connectivity index (χ0v) is 12.6. The second-order valence-electron chi connectivity index (χ2n) is 4.63. The average Bonchev–Trinajstić information content (AvgIpc) is 2.57. The van der Waals surface area contributed by atoms with Crippen LogP contribution in [0.1, 0.15) is 24.3 Å². The van der Waals surface area contributed by atoms with E-state index < -0.39 is 29.0 Å². The number of carbonyl (C=O) groups excluding carboxylic acids is 1. The lowest BCUT2D eigenvalue weighted by Gasteiger charge is -2.18. The Labute approximate surface area is 131 Å². The molecule has 5 nitrogen and oxygen atoms in total. The summed E-state index contributed by atoms with van der Waals surface area (Å²) in [5, 5.41) is 9.83. The number of nitrogens with zero attached hydrogens (tertiary/aromatic N) is 3. The maximum Gasteiger partial charge on any atom is 0.276 e. The van der Waals surface area contributed by atoms with Crippen molar-refractivity contribution in [2.45, 2.75) is 13.8 Å². The van der Waals surface area contributed by atoms with E-state index in [-0.39, 0.29) is 5.69 Å². The molecule has 1 heterocycles. The molecule has 0 fully saturated rings. The molecule has 2 rings (SSSR count). The number of anilines is 2. The van der Waals surface area contributed by atoms with Gasteiger partial charge < -0.3 is 10.2 Å². The highest BCUT2D eigenvalue weighted by Gasteiger charge is 2.17. The normalized spacial score (nSPS) is 10.5. The highest BCUT2D eigenvalue weighted by molar-refractivity contribution is 6.02. The molecule has 1 aromatic heterocycles. The first-order valence-corrected chi connectivity index (χ1v) is 7.01. The van der Waals surface area contributed by atoms with Crippen LogP contribution in [0.15, 0.2) is 24.3 Å². The topological polar surface area (TPSA) is 58.1 Å². The van der Waals surface area contributed by atoms with Gasteiger partial charge in [-0.3, -0.25) is 4.79 Å². The van der Waals surface area contributed by atoms with Crippen molar-refractivity contribution in [3.05, 3.63) is 47.4 Å². The molecule has 1 aromatic carbocycles. The molecule has 23 heavy (non-hydrogen) atoms. The summed E-state index contributed by atoms with van der Waals surface area (Å²) in [7, 11) is 0. The Kier molecular flexibility index (Phi) is 5.15. The number of halogens is 3. The summed E-state index contributed by atoms with van der Waals surface area (Å²) in [6, 6.07) is 4.69. The van der Waals surface area contributed by atoms with Crippen LogP contribution in [-0.2, 0) is 0 Å². The maximum atomic E-state index is 13.5. The van der Waals surface area contributed by atoms with Gasteiger partial charge in [-0.1, -0.05) is 0 Å². The smallest absolute Gasteiger partial charge is 0.276 e. The van der Waals surface area contributed by atoms with Gasteiger partial charge in [0.1, 0.15) is 0 Å². The fourth-order valence-electron chi connectivity index (χ4n) is 1.97. The number of carbonyl (C=O) groups is 1. The van der Waals surface area contributed by atoms with Gasteiger partial charge in [0.2, 0.25) is 0 Å². The van der Waals surface area contributed by atoms with Crippen LogP contribution in [0.25, 0.3) is 0 Å². The summed E-state index contributed by atoms with van der Waals surface area (Å²) >= 11 is 0. The van der Waals surface area contributed by atoms with E-state index in [1.165, 1.54) is 6.07 Å². The highest BCUT2D eigenvalue weighted by Crippen LogP contribution is 2.20. The van der Waals surface area contributed by atoms with Crippen molar-refractivity contribution < 1.29 is 18.0 Å². The monoisotopic (exact) mass is 324 g/mol. The van der Waals surface area contributed by atoms with Crippen molar-refractivity contribution in [1.82, 2.24) is 10.2 Å². The first kappa shape index (κ1) is 16.7. The minimum absolute atomic E-state index is 0.0648. The summed E-state index contributed by atoms with van der Waals surface area (Å²) < 4.78 is 39.5. The standard InChI is InChI=1S/C15H15F3N4O/c1-3-22(4-2)12-8-7-11(20-21-12)15(23)19-10-6-5-9(16)13(17)14(10)18/h5-8H,3-4H2,1-2H3,(H,19,23). The van der Waals surface area contributed by atoms with Crippen LogP contribution in [0.3, 0.4) is 0 Å². The highest BCUT2D eigenvalue weighted by atomic mass is 19.2. The van der Waals surface area contributed by atoms with Gasteiger partial charge in [-0.2, -0.15) is 0 Å². The zero-order chi connectivity index (χ0) is 17.0. The van der Waals surface area contributed by atoms with Crippen molar-refractivity contribution in [2.24, 2.45) is 0 Å². The molecule has 0 aliphatic heterocycles. The minimum Gasteiger partial charge on any atom is -0.356 e. The Morgan fingerprint density at radius 1 is 1.04 bits per heavy atom. The largest absolute Gasteiger partial charge is 0.356 e. The fourth-order valence-corrected chi connectivity index (χ4v) is 1.97. The average molecular weight is 324 g/mol. The van der Waals surface area contributed by atoms with Crippen molar-refractivity contribution >= 4 is 17.4 Å². The van der Waals surface area contributed by atoms with Crippen LogP contribution in [0.5, 0.6) is 0 Å². The zero-order valence-electron chi connectivity index (χ0n) is 12.6. The van der Waals surface area contributed by atoms with Crippen LogP contribution < -0.4 is 10.2 Å². The third-order valence-electron chi connectivity index (χ3n) is 3.25. The van der Waals surface area contributed by atoms with Gasteiger partial charge in [0.25, 0.3) is 5.91 Å². The van der Waals surface area contributed by atoms with Crippen LogP contribution in [0.2, 0.25) is 0 Å². The molecule has 0 atom stereocenters. The van der Waals surface area contributed by atoms with Crippen molar-refractivity contribution in [2.75, 3.05) is 23.3 Å². The predicted octanol–water partition coefficient (Wildman–Crippen LogP) is 2.99. The predicted molar refractivity (Wildman–Crippen MR) is 79.9 cm³/mol. The molecule has 0 spiro atoms. The molecular formula is C15H15F3N4O. The molecular weight excluding hydrogens is 309 g/mol. The molecule has 0 radical (unpaired) electrons. The number of benzene rings is 1. The van der Waals surface area contributed by atoms with Gasteiger partial charge in [-0.05, 0) is 38.1 Å². The van der Waals surface area contributed by atoms with Crippen LogP contribution in [-0.4, -0.2) is 29.2 Å². The van der Waals surface area contributed by atoms with Gasteiger partial charge in [0, 0.05) is 13.1 Å². The van der Waals surface area contributed by atoms with E-state index in [4.69, 9.17) is 0 Å². The molecule has 122 valence electrons. The molecule has 0 aliphatic carbocycles. The SMILES string of the molecule is CCN(CC)c1ccc(C(=O)Nc2ccc(F)c(F)c2F)nn1. The van der Waals surface area contributed by atoms with E-state index in [2.05, 4.69) is 15.5 Å². The molecule has 0 aliphatic rings. The van der Waals surface area contributed by atoms with Gasteiger partial charge in [-0.15, -0.1) is 10.2 Å². The number of aromatic nitrogens is 2. The number of hydrogen-bond donors (Lipinski definition) is 1. The first-order valence-electron chi connectivity index (χ1n) is 7.01. The van der Waals surface area contributed by atoms with E-state index in [0.29, 0.717) is 5.82 Å². The summed E-state index contributed by atoms with van der Waals surface area (Å²) in [6.07, 6.45) is 0. The van der Waals surface area contributed by atoms with E-state index in [9.17, 15) is 18.0 Å². The van der Waals surface area contributed by atoms with Crippen molar-refractivity contribution in [3.63, 3.8) is 0 Å². The molecule has 0 saturated heterocycles. The Bertz CT molecular complexity index is 703. The summed E-state index contributed by atoms with van der Waals surface area (Å²) in [4.78, 5) is 13.9. The Hall–Kier alpha value is -2.64. The third kappa shape index (κ3) is 3.58. The number of rotatable bonds is 5. The Balaban J connectivity index is 2.17. The quantitative estimate of drug-likeness (QED) is 0.859. The molecule has 0 bridgehead atoms. The molecule has 0 unspecified atom stereocenters. The third-order valence-corrected chi connectivity index (χ3v) is 3.25. The summed E-state index contributed by atoms with van der Waals surface area (Å²) in [6.45, 7) is 5.38. The molecule has 1 N–H and O–H groups in total. The summed E-state index contributed by atoms with van der Waals surface area (Å²) in [5.41, 5.74) is -0.534. The lowest BCUT2D eigenvalue weighted by molar-refractivity contribution is 0.102. The van der Waals surface area contributed by atoms with Crippen molar-refractivity contribution in [3.8, 4) is 0 Å². The molecule has 2 aromatic rings. The van der Waals surface area contributed by atoms with Crippen LogP contribution in [0.4, 0.5) is 24.7 Å². The number of hydrogen-bond acceptors (Lipinski definition) is 4. The lowest BCUT2D eigenvalue weighted by atomic mass is 10.2. The number of nitrogens with one attached hydrogen (secondary N) is 1. The molecule has 0 saturated carbocycles. The van der Waals surface area contributed by atoms with Crippen molar-refractivity contribution in [1.29, 1.82) is 0 Å². The molecule has 8 heteroatoms. The second kappa shape index (κ2) is 7.08. The van der Waals surface area contributed by atoms with Gasteiger partial charge >= 0.3 is 0 Å². The summed E-state index contributed by atoms with van der Waals surface area (Å²) in [5.74, 6) is -4.61. The van der Waals surface area contributed by atoms with Gasteiger partial charge in [0.15, 0.2) is 29.0 Å². The fraction of sp³-hybridized carbons (Fsp3) is 0.267. The van der Waals surface area contributed by atoms with Gasteiger partial charge in [0.05, 0.1) is 5.69 Å². The second-order valence-corrected chi connectivity index (χ2v) is 4.63. The van der Waals surface area contributed by atoms with E-state index in [1.807, 2.05) is 18.7 Å². The molecule has 1 amide bonds. The first-order chi connectivity index (χ1) is 11.0. The van der Waals surface area contributed by atoms with E-state index in [1.54, 1.807) is 6.07 Å². The van der Waals surface area contributed by atoms with Crippen LogP contribution in [0, 0.1) is 17.5 Å². The van der Waals surface area contributed by atoms with Gasteiger partial charge in [-0.25, -0.2) is 13.2 Å². The Morgan fingerprint density at radius 2 is 1.74 bits per heavy atom. The maximum absolute atomic E-state index is 13.5. The minimum atomic E-state index is -1.65.